The minimum atomic E-state index is -0.730. The van der Waals surface area contributed by atoms with Gasteiger partial charge in [0.1, 0.15) is 17.3 Å². The highest BCUT2D eigenvalue weighted by Crippen LogP contribution is 2.40. The summed E-state index contributed by atoms with van der Waals surface area (Å²) in [5.41, 5.74) is 1.37. The van der Waals surface area contributed by atoms with E-state index in [1.165, 1.54) is 23.1 Å². The number of aliphatic hydroxyl groups excluding tert-OH is 1. The number of ketones is 1. The number of unbranched alkanes of at least 4 members (excludes halogenated alkanes) is 2. The van der Waals surface area contributed by atoms with Gasteiger partial charge in [-0.15, -0.1) is 0 Å². The van der Waals surface area contributed by atoms with E-state index in [1.54, 1.807) is 38.3 Å². The molecule has 1 aliphatic rings. The summed E-state index contributed by atoms with van der Waals surface area (Å²) in [7, 11) is 1.56. The Morgan fingerprint density at radius 1 is 1.13 bits per heavy atom. The van der Waals surface area contributed by atoms with Crippen LogP contribution in [0.25, 0.3) is 5.76 Å². The fraction of sp³-hybridized carbons (Fsp3) is 0.333. The number of hydrogen-bond acceptors (Lipinski definition) is 4. The number of halogens is 1. The first-order chi connectivity index (χ1) is 14.4. The van der Waals surface area contributed by atoms with Crippen molar-refractivity contribution in [2.75, 3.05) is 13.7 Å². The van der Waals surface area contributed by atoms with Crippen LogP contribution in [0.1, 0.15) is 48.9 Å². The number of ether oxygens (including phenoxy) is 1. The van der Waals surface area contributed by atoms with Gasteiger partial charge in [0, 0.05) is 12.1 Å². The molecular formula is C24H26FNO4. The number of rotatable bonds is 7. The molecule has 1 aliphatic heterocycles. The third kappa shape index (κ3) is 4.08. The Hall–Kier alpha value is -3.15. The summed E-state index contributed by atoms with van der Waals surface area (Å²) in [6.45, 7) is 4.05. The van der Waals surface area contributed by atoms with Crippen molar-refractivity contribution < 1.29 is 23.8 Å². The summed E-state index contributed by atoms with van der Waals surface area (Å²) >= 11 is 0. The molecule has 0 spiro atoms. The monoisotopic (exact) mass is 411 g/mol. The number of Topliss-reactive ketones (excluding diaryl/α,β-unsaturated/α-hetero) is 1. The van der Waals surface area contributed by atoms with Crippen LogP contribution in [0.5, 0.6) is 5.75 Å². The fourth-order valence-corrected chi connectivity index (χ4v) is 3.72. The van der Waals surface area contributed by atoms with E-state index in [-0.39, 0.29) is 11.3 Å². The van der Waals surface area contributed by atoms with Gasteiger partial charge in [0.2, 0.25) is 0 Å². The van der Waals surface area contributed by atoms with E-state index >= 15 is 0 Å². The molecule has 1 saturated heterocycles. The van der Waals surface area contributed by atoms with Crippen LogP contribution in [0.3, 0.4) is 0 Å². The number of carbonyl (C=O) groups excluding carboxylic acids is 2. The molecular weight excluding hydrogens is 385 g/mol. The van der Waals surface area contributed by atoms with Gasteiger partial charge in [-0.1, -0.05) is 31.9 Å². The minimum Gasteiger partial charge on any atom is -0.507 e. The van der Waals surface area contributed by atoms with Crippen molar-refractivity contribution in [2.45, 2.75) is 39.2 Å². The van der Waals surface area contributed by atoms with Gasteiger partial charge in [0.25, 0.3) is 11.7 Å². The summed E-state index contributed by atoms with van der Waals surface area (Å²) in [6, 6.07) is 10.5. The summed E-state index contributed by atoms with van der Waals surface area (Å²) in [5, 5.41) is 11.0. The Kier molecular flexibility index (Phi) is 6.55. The van der Waals surface area contributed by atoms with Gasteiger partial charge in [0.05, 0.1) is 18.7 Å². The molecule has 0 radical (unpaired) electrons. The number of hydrogen-bond donors (Lipinski definition) is 1. The van der Waals surface area contributed by atoms with Crippen molar-refractivity contribution in [3.63, 3.8) is 0 Å². The van der Waals surface area contributed by atoms with E-state index < -0.39 is 23.5 Å². The highest BCUT2D eigenvalue weighted by Gasteiger charge is 2.45. The first-order valence-electron chi connectivity index (χ1n) is 10.1. The molecule has 30 heavy (non-hydrogen) atoms. The fourth-order valence-electron chi connectivity index (χ4n) is 3.72. The van der Waals surface area contributed by atoms with Crippen molar-refractivity contribution >= 4 is 17.4 Å². The lowest BCUT2D eigenvalue weighted by Gasteiger charge is -2.25. The number of methoxy groups -OCH3 is 1. The quantitative estimate of drug-likeness (QED) is 0.309. The molecule has 5 nitrogen and oxygen atoms in total. The summed E-state index contributed by atoms with van der Waals surface area (Å²) in [4.78, 5) is 27.2. The van der Waals surface area contributed by atoms with E-state index in [0.29, 0.717) is 29.0 Å². The first kappa shape index (κ1) is 21.6. The van der Waals surface area contributed by atoms with Crippen molar-refractivity contribution in [1.82, 2.24) is 4.90 Å². The molecule has 1 N–H and O–H groups in total. The van der Waals surface area contributed by atoms with Crippen LogP contribution in [-0.4, -0.2) is 35.4 Å². The zero-order valence-corrected chi connectivity index (χ0v) is 17.4. The van der Waals surface area contributed by atoms with Gasteiger partial charge < -0.3 is 14.7 Å². The second-order valence-electron chi connectivity index (χ2n) is 7.44. The Morgan fingerprint density at radius 3 is 2.43 bits per heavy atom. The molecule has 1 amide bonds. The van der Waals surface area contributed by atoms with Crippen LogP contribution in [0, 0.1) is 12.7 Å². The summed E-state index contributed by atoms with van der Waals surface area (Å²) < 4.78 is 18.9. The third-order valence-electron chi connectivity index (χ3n) is 5.41. The van der Waals surface area contributed by atoms with E-state index in [1.807, 2.05) is 0 Å². The molecule has 0 saturated carbocycles. The molecule has 1 fully saturated rings. The average molecular weight is 411 g/mol. The summed E-state index contributed by atoms with van der Waals surface area (Å²) in [5.74, 6) is -1.41. The van der Waals surface area contributed by atoms with Gasteiger partial charge >= 0.3 is 0 Å². The lowest BCUT2D eigenvalue weighted by Crippen LogP contribution is -2.30. The molecule has 3 rings (SSSR count). The number of aryl methyl sites for hydroxylation is 1. The number of likely N-dealkylation sites (tertiary alicyclic amines) is 1. The number of carbonyl (C=O) groups is 2. The molecule has 2 aromatic carbocycles. The van der Waals surface area contributed by atoms with Gasteiger partial charge in [-0.05, 0) is 54.8 Å². The number of benzene rings is 2. The zero-order chi connectivity index (χ0) is 21.8. The van der Waals surface area contributed by atoms with Gasteiger partial charge in [-0.3, -0.25) is 9.59 Å². The lowest BCUT2D eigenvalue weighted by molar-refractivity contribution is -0.139. The zero-order valence-electron chi connectivity index (χ0n) is 17.4. The molecule has 1 heterocycles. The topological polar surface area (TPSA) is 66.8 Å². The molecule has 6 heteroatoms. The lowest BCUT2D eigenvalue weighted by atomic mass is 9.94. The molecule has 1 atom stereocenters. The molecule has 1 unspecified atom stereocenters. The molecule has 2 aromatic rings. The maximum Gasteiger partial charge on any atom is 0.295 e. The summed E-state index contributed by atoms with van der Waals surface area (Å²) in [6.07, 6.45) is 2.66. The highest BCUT2D eigenvalue weighted by molar-refractivity contribution is 6.46. The Balaban J connectivity index is 2.12. The van der Waals surface area contributed by atoms with Gasteiger partial charge in [0.15, 0.2) is 0 Å². The van der Waals surface area contributed by atoms with E-state index in [9.17, 15) is 19.1 Å². The predicted molar refractivity (Wildman–Crippen MR) is 113 cm³/mol. The van der Waals surface area contributed by atoms with E-state index in [4.69, 9.17) is 4.74 Å². The predicted octanol–water partition coefficient (Wildman–Crippen LogP) is 4.75. The highest BCUT2D eigenvalue weighted by atomic mass is 19.1. The third-order valence-corrected chi connectivity index (χ3v) is 5.41. The maximum absolute atomic E-state index is 13.7. The van der Waals surface area contributed by atoms with Crippen LogP contribution < -0.4 is 4.74 Å². The minimum absolute atomic E-state index is 0.0210. The second kappa shape index (κ2) is 9.11. The van der Waals surface area contributed by atoms with Crippen molar-refractivity contribution in [3.8, 4) is 5.75 Å². The number of nitrogens with zero attached hydrogens (tertiary/aromatic N) is 1. The van der Waals surface area contributed by atoms with Crippen LogP contribution in [0.2, 0.25) is 0 Å². The van der Waals surface area contributed by atoms with Crippen LogP contribution in [0.4, 0.5) is 4.39 Å². The first-order valence-corrected chi connectivity index (χ1v) is 10.1. The second-order valence-corrected chi connectivity index (χ2v) is 7.44. The Bertz CT molecular complexity index is 981. The molecule has 158 valence electrons. The van der Waals surface area contributed by atoms with Crippen LogP contribution >= 0.6 is 0 Å². The van der Waals surface area contributed by atoms with Crippen molar-refractivity contribution in [1.29, 1.82) is 0 Å². The average Bonchev–Trinajstić information content (AvgIpc) is 3.00. The SMILES string of the molecule is CCCCCN1C(=O)C(=O)/C(=C(\O)c2ccc(F)c(C)c2)C1c1ccc(OC)cc1. The number of aliphatic hydroxyl groups is 1. The Morgan fingerprint density at radius 2 is 1.83 bits per heavy atom. The van der Waals surface area contributed by atoms with Crippen LogP contribution in [0.15, 0.2) is 48.0 Å². The van der Waals surface area contributed by atoms with Gasteiger partial charge in [-0.25, -0.2) is 4.39 Å². The smallest absolute Gasteiger partial charge is 0.295 e. The van der Waals surface area contributed by atoms with E-state index in [0.717, 1.165) is 19.3 Å². The maximum atomic E-state index is 13.7. The van der Waals surface area contributed by atoms with Crippen molar-refractivity contribution in [3.05, 3.63) is 70.5 Å². The van der Waals surface area contributed by atoms with Crippen LogP contribution in [-0.2, 0) is 9.59 Å². The number of amides is 1. The standard InChI is InChI=1S/C24H26FNO4/c1-4-5-6-13-26-21(16-7-10-18(30-3)11-8-16)20(23(28)24(26)29)22(27)17-9-12-19(25)15(2)14-17/h7-12,14,21,27H,4-6,13H2,1-3H3/b22-20-. The Labute approximate surface area is 175 Å². The normalized spacial score (nSPS) is 18.1. The molecule has 0 bridgehead atoms. The van der Waals surface area contributed by atoms with E-state index in [2.05, 4.69) is 6.92 Å². The molecule has 0 aliphatic carbocycles. The van der Waals surface area contributed by atoms with Crippen molar-refractivity contribution in [2.24, 2.45) is 0 Å². The molecule has 0 aromatic heterocycles. The largest absolute Gasteiger partial charge is 0.507 e. The van der Waals surface area contributed by atoms with Gasteiger partial charge in [-0.2, -0.15) is 0 Å².